The zero-order chi connectivity index (χ0) is 12.4. The Morgan fingerprint density at radius 2 is 1.94 bits per heavy atom. The maximum atomic E-state index is 4.25. The van der Waals surface area contributed by atoms with Crippen molar-refractivity contribution in [1.29, 1.82) is 0 Å². The smallest absolute Gasteiger partial charge is 0.0900 e. The molecule has 0 N–H and O–H groups in total. The quantitative estimate of drug-likeness (QED) is 0.671. The van der Waals surface area contributed by atoms with Crippen molar-refractivity contribution in [2.45, 2.75) is 34.6 Å². The minimum atomic E-state index is 1.11. The molecule has 0 aliphatic carbocycles. The summed E-state index contributed by atoms with van der Waals surface area (Å²) in [6, 6.07) is 0. The van der Waals surface area contributed by atoms with Crippen LogP contribution in [0.1, 0.15) is 37.6 Å². The van der Waals surface area contributed by atoms with Crippen molar-refractivity contribution in [2.24, 2.45) is 0 Å². The van der Waals surface area contributed by atoms with Crippen molar-refractivity contribution < 1.29 is 0 Å². The summed E-state index contributed by atoms with van der Waals surface area (Å²) in [5.41, 5.74) is 1.22. The summed E-state index contributed by atoms with van der Waals surface area (Å²) in [6.45, 7) is 10.1. The van der Waals surface area contributed by atoms with Gasteiger partial charge in [-0.1, -0.05) is 44.2 Å². The van der Waals surface area contributed by atoms with Gasteiger partial charge in [-0.25, -0.2) is 4.98 Å². The molecule has 1 rings (SSSR count). The van der Waals surface area contributed by atoms with Crippen molar-refractivity contribution in [3.8, 4) is 0 Å². The van der Waals surface area contributed by atoms with Crippen LogP contribution in [0.2, 0.25) is 0 Å². The van der Waals surface area contributed by atoms with E-state index in [1.54, 1.807) is 11.3 Å². The standard InChI is InChI=1S/C12H15NS.C2H6/c1-4-6-8-11(7-5-2)12-9-13-10(3)14-12;1-2/h4-9H,1-3H3;1-2H3/b6-4-,7-5-,11-8+;. The van der Waals surface area contributed by atoms with E-state index >= 15 is 0 Å². The van der Waals surface area contributed by atoms with Gasteiger partial charge in [-0.15, -0.1) is 11.3 Å². The largest absolute Gasteiger partial charge is 0.249 e. The highest BCUT2D eigenvalue weighted by Crippen LogP contribution is 2.22. The van der Waals surface area contributed by atoms with Gasteiger partial charge in [0.25, 0.3) is 0 Å². The fourth-order valence-electron chi connectivity index (χ4n) is 1.09. The first-order valence-electron chi connectivity index (χ1n) is 5.66. The number of hydrogen-bond acceptors (Lipinski definition) is 2. The Hall–Kier alpha value is -1.15. The fourth-order valence-corrected chi connectivity index (χ4v) is 1.88. The third kappa shape index (κ3) is 5.08. The van der Waals surface area contributed by atoms with Gasteiger partial charge >= 0.3 is 0 Å². The Balaban J connectivity index is 0.00000106. The molecule has 0 aliphatic rings. The number of rotatable bonds is 3. The Labute approximate surface area is 103 Å². The van der Waals surface area contributed by atoms with Gasteiger partial charge in [0.15, 0.2) is 0 Å². The number of nitrogens with zero attached hydrogens (tertiary/aromatic N) is 1. The Kier molecular flexibility index (Phi) is 8.45. The van der Waals surface area contributed by atoms with Crippen LogP contribution in [0.15, 0.2) is 36.6 Å². The van der Waals surface area contributed by atoms with Crippen LogP contribution in [0.25, 0.3) is 5.57 Å². The van der Waals surface area contributed by atoms with Crippen LogP contribution in [0, 0.1) is 6.92 Å². The minimum absolute atomic E-state index is 1.11. The molecule has 88 valence electrons. The van der Waals surface area contributed by atoms with Crippen LogP contribution in [0.5, 0.6) is 0 Å². The molecule has 0 aliphatic heterocycles. The average Bonchev–Trinajstić information content (AvgIpc) is 2.74. The second kappa shape index (κ2) is 9.10. The summed E-state index contributed by atoms with van der Waals surface area (Å²) in [5.74, 6) is 0. The number of aryl methyl sites for hydroxylation is 1. The van der Waals surface area contributed by atoms with Gasteiger partial charge in [-0.05, 0) is 26.3 Å². The minimum Gasteiger partial charge on any atom is -0.249 e. The van der Waals surface area contributed by atoms with Crippen LogP contribution in [-0.4, -0.2) is 4.98 Å². The third-order valence-corrected chi connectivity index (χ3v) is 2.68. The van der Waals surface area contributed by atoms with Crippen molar-refractivity contribution >= 4 is 16.9 Å². The molecule has 0 atom stereocenters. The monoisotopic (exact) mass is 235 g/mol. The van der Waals surface area contributed by atoms with Crippen molar-refractivity contribution in [3.63, 3.8) is 0 Å². The van der Waals surface area contributed by atoms with E-state index in [0.717, 1.165) is 5.01 Å². The number of aromatic nitrogens is 1. The lowest BCUT2D eigenvalue weighted by atomic mass is 10.2. The highest BCUT2D eigenvalue weighted by atomic mass is 32.1. The van der Waals surface area contributed by atoms with E-state index in [2.05, 4.69) is 17.1 Å². The van der Waals surface area contributed by atoms with Crippen LogP contribution >= 0.6 is 11.3 Å². The zero-order valence-corrected chi connectivity index (χ0v) is 11.6. The van der Waals surface area contributed by atoms with Gasteiger partial charge in [0, 0.05) is 6.20 Å². The molecule has 0 radical (unpaired) electrons. The normalized spacial score (nSPS) is 11.9. The molecule has 0 spiro atoms. The predicted molar refractivity (Wildman–Crippen MR) is 75.8 cm³/mol. The predicted octanol–water partition coefficient (Wildman–Crippen LogP) is 5.01. The first-order chi connectivity index (χ1) is 7.77. The molecule has 1 heterocycles. The molecule has 0 saturated carbocycles. The Morgan fingerprint density at radius 1 is 1.25 bits per heavy atom. The Bertz CT molecular complexity index is 370. The topological polar surface area (TPSA) is 12.9 Å². The molecular formula is C14H21NS. The van der Waals surface area contributed by atoms with E-state index in [0.29, 0.717) is 0 Å². The zero-order valence-electron chi connectivity index (χ0n) is 10.8. The van der Waals surface area contributed by atoms with E-state index < -0.39 is 0 Å². The average molecular weight is 235 g/mol. The lowest BCUT2D eigenvalue weighted by Crippen LogP contribution is -1.72. The van der Waals surface area contributed by atoms with Gasteiger partial charge in [0.2, 0.25) is 0 Å². The molecular weight excluding hydrogens is 214 g/mol. The van der Waals surface area contributed by atoms with Crippen LogP contribution in [-0.2, 0) is 0 Å². The molecule has 0 saturated heterocycles. The van der Waals surface area contributed by atoms with E-state index in [4.69, 9.17) is 0 Å². The molecule has 1 aromatic heterocycles. The molecule has 0 unspecified atom stereocenters. The van der Waals surface area contributed by atoms with E-state index in [-0.39, 0.29) is 0 Å². The second-order valence-corrected chi connectivity index (χ2v) is 4.13. The number of allylic oxidation sites excluding steroid dienone is 6. The van der Waals surface area contributed by atoms with Gasteiger partial charge < -0.3 is 0 Å². The maximum absolute atomic E-state index is 4.25. The second-order valence-electron chi connectivity index (χ2n) is 2.89. The van der Waals surface area contributed by atoms with Gasteiger partial charge in [-0.2, -0.15) is 0 Å². The first kappa shape index (κ1) is 14.8. The molecule has 0 fully saturated rings. The van der Waals surface area contributed by atoms with E-state index in [1.807, 2.05) is 59.0 Å². The van der Waals surface area contributed by atoms with E-state index in [1.165, 1.54) is 10.5 Å². The SMILES string of the molecule is CC.C\C=C/C=C(\C=C/C)c1cnc(C)s1. The highest BCUT2D eigenvalue weighted by molar-refractivity contribution is 7.12. The summed E-state index contributed by atoms with van der Waals surface area (Å²) >= 11 is 1.72. The van der Waals surface area contributed by atoms with Crippen molar-refractivity contribution in [1.82, 2.24) is 4.98 Å². The number of thiazole rings is 1. The molecule has 1 nitrogen and oxygen atoms in total. The molecule has 2 heteroatoms. The fraction of sp³-hybridized carbons (Fsp3) is 0.357. The van der Waals surface area contributed by atoms with Crippen LogP contribution in [0.4, 0.5) is 0 Å². The van der Waals surface area contributed by atoms with Gasteiger partial charge in [-0.3, -0.25) is 0 Å². The molecule has 0 bridgehead atoms. The lowest BCUT2D eigenvalue weighted by Gasteiger charge is -1.94. The third-order valence-electron chi connectivity index (χ3n) is 1.72. The van der Waals surface area contributed by atoms with Crippen LogP contribution < -0.4 is 0 Å². The highest BCUT2D eigenvalue weighted by Gasteiger charge is 2.00. The maximum Gasteiger partial charge on any atom is 0.0900 e. The summed E-state index contributed by atoms with van der Waals surface area (Å²) in [7, 11) is 0. The molecule has 0 amide bonds. The van der Waals surface area contributed by atoms with Gasteiger partial charge in [0.1, 0.15) is 0 Å². The Morgan fingerprint density at radius 3 is 2.38 bits per heavy atom. The van der Waals surface area contributed by atoms with Crippen LogP contribution in [0.3, 0.4) is 0 Å². The lowest BCUT2D eigenvalue weighted by molar-refractivity contribution is 1.29. The number of hydrogen-bond donors (Lipinski definition) is 0. The molecule has 0 aromatic carbocycles. The molecule has 1 aromatic rings. The summed E-state index contributed by atoms with van der Waals surface area (Å²) in [6.07, 6.45) is 12.3. The van der Waals surface area contributed by atoms with E-state index in [9.17, 15) is 0 Å². The molecule has 16 heavy (non-hydrogen) atoms. The summed E-state index contributed by atoms with van der Waals surface area (Å²) in [4.78, 5) is 5.47. The summed E-state index contributed by atoms with van der Waals surface area (Å²) < 4.78 is 0. The van der Waals surface area contributed by atoms with Crippen molar-refractivity contribution in [2.75, 3.05) is 0 Å². The first-order valence-corrected chi connectivity index (χ1v) is 6.48. The summed E-state index contributed by atoms with van der Waals surface area (Å²) in [5, 5.41) is 1.11. The van der Waals surface area contributed by atoms with Crippen molar-refractivity contribution in [3.05, 3.63) is 46.5 Å². The van der Waals surface area contributed by atoms with Gasteiger partial charge in [0.05, 0.1) is 9.88 Å².